The number of pyridine rings is 2. The molecule has 3 aromatic rings. The number of nitrogens with zero attached hydrogens (tertiary/aromatic N) is 2. The molecule has 1 N–H and O–H groups in total. The fourth-order valence-corrected chi connectivity index (χ4v) is 5.67. The number of nitrogens with one attached hydrogen (secondary N) is 1. The molecule has 156 valence electrons. The molecule has 2 saturated carbocycles. The van der Waals surface area contributed by atoms with Crippen molar-refractivity contribution in [3.63, 3.8) is 0 Å². The van der Waals surface area contributed by atoms with Gasteiger partial charge in [-0.05, 0) is 91.3 Å². The van der Waals surface area contributed by atoms with E-state index in [9.17, 15) is 9.18 Å². The number of fused-ring (bicyclic) bond motifs is 2. The van der Waals surface area contributed by atoms with Gasteiger partial charge in [-0.3, -0.25) is 9.78 Å². The number of hydrogen-bond donors (Lipinski definition) is 1. The minimum Gasteiger partial charge on any atom is -0.311 e. The minimum absolute atomic E-state index is 0.0121. The molecule has 0 aliphatic heterocycles. The van der Waals surface area contributed by atoms with Gasteiger partial charge in [0.25, 0.3) is 0 Å². The van der Waals surface area contributed by atoms with Crippen LogP contribution in [0.4, 0.5) is 10.2 Å². The summed E-state index contributed by atoms with van der Waals surface area (Å²) >= 11 is 0. The largest absolute Gasteiger partial charge is 0.311 e. The lowest BCUT2D eigenvalue weighted by molar-refractivity contribution is -0.117. The average molecular weight is 413 g/mol. The highest BCUT2D eigenvalue weighted by molar-refractivity contribution is 5.90. The van der Waals surface area contributed by atoms with E-state index < -0.39 is 0 Å². The third kappa shape index (κ3) is 4.03. The third-order valence-corrected chi connectivity index (χ3v) is 6.96. The van der Waals surface area contributed by atoms with E-state index in [1.165, 1.54) is 11.6 Å². The molecule has 4 atom stereocenters. The summed E-state index contributed by atoms with van der Waals surface area (Å²) in [5, 5.41) is 3.82. The minimum atomic E-state index is -0.213. The van der Waals surface area contributed by atoms with Crippen molar-refractivity contribution in [2.45, 2.75) is 38.0 Å². The lowest BCUT2D eigenvalue weighted by Crippen LogP contribution is -2.16. The van der Waals surface area contributed by atoms with Crippen LogP contribution in [0.1, 0.15) is 49.1 Å². The number of halogens is 1. The van der Waals surface area contributed by atoms with Crippen LogP contribution in [0.2, 0.25) is 0 Å². The summed E-state index contributed by atoms with van der Waals surface area (Å²) in [5.74, 6) is 4.97. The monoisotopic (exact) mass is 413 g/mol. The highest BCUT2D eigenvalue weighted by Gasteiger charge is 2.42. The molecule has 31 heavy (non-hydrogen) atoms. The van der Waals surface area contributed by atoms with Gasteiger partial charge >= 0.3 is 0 Å². The number of hydrogen-bond acceptors (Lipinski definition) is 3. The molecule has 2 unspecified atom stereocenters. The van der Waals surface area contributed by atoms with Crippen LogP contribution < -0.4 is 5.32 Å². The summed E-state index contributed by atoms with van der Waals surface area (Å²) in [5.41, 5.74) is 2.77. The maximum atomic E-state index is 13.8. The van der Waals surface area contributed by atoms with Crippen molar-refractivity contribution in [3.05, 3.63) is 65.7 Å². The van der Waals surface area contributed by atoms with E-state index in [0.717, 1.165) is 36.6 Å². The predicted octanol–water partition coefficient (Wildman–Crippen LogP) is 5.30. The fraction of sp³-hybridized carbons (Fsp3) is 0.346. The molecule has 0 spiro atoms. The van der Waals surface area contributed by atoms with Gasteiger partial charge in [-0.2, -0.15) is 0 Å². The quantitative estimate of drug-likeness (QED) is 0.591. The number of anilines is 1. The van der Waals surface area contributed by atoms with Crippen molar-refractivity contribution in [1.29, 1.82) is 0 Å². The lowest BCUT2D eigenvalue weighted by atomic mass is 9.89. The van der Waals surface area contributed by atoms with Crippen LogP contribution in [0.25, 0.3) is 10.9 Å². The Morgan fingerprint density at radius 1 is 1.10 bits per heavy atom. The van der Waals surface area contributed by atoms with Crippen molar-refractivity contribution in [2.24, 2.45) is 17.8 Å². The normalized spacial score (nSPS) is 24.6. The molecule has 2 aromatic heterocycles. The summed E-state index contributed by atoms with van der Waals surface area (Å²) in [6, 6.07) is 10.4. The lowest BCUT2D eigenvalue weighted by Gasteiger charge is -2.17. The number of carbonyl (C=O) groups is 1. The molecule has 0 saturated heterocycles. The average Bonchev–Trinajstić information content (AvgIpc) is 3.32. The van der Waals surface area contributed by atoms with E-state index >= 15 is 0 Å². The standard InChI is InChI=1S/C26H24FN3O/c1-2-16-3-6-25(29-15-16)30-26(31)11-17-9-18-12-20(13-19(18)10-17)22-7-8-28-24-5-4-21(27)14-23(22)24/h1,3-8,14-15,17-20H,9-13H2,(H,29,30,31)/t17-,18+,19?,20?/m0/s1. The first-order valence-electron chi connectivity index (χ1n) is 10.9. The van der Waals surface area contributed by atoms with Gasteiger partial charge in [0.15, 0.2) is 0 Å². The first-order valence-corrected chi connectivity index (χ1v) is 10.9. The first kappa shape index (κ1) is 19.7. The van der Waals surface area contributed by atoms with E-state index in [1.807, 2.05) is 6.20 Å². The van der Waals surface area contributed by atoms with Gasteiger partial charge in [0.05, 0.1) is 5.52 Å². The van der Waals surface area contributed by atoms with Crippen LogP contribution in [-0.2, 0) is 4.79 Å². The highest BCUT2D eigenvalue weighted by atomic mass is 19.1. The SMILES string of the molecule is C#Cc1ccc(NC(=O)C[C@@H]2CC3CC(c4ccnc5ccc(F)cc45)C[C@H]3C2)nc1. The molecule has 5 heteroatoms. The van der Waals surface area contributed by atoms with Crippen LogP contribution in [0.3, 0.4) is 0 Å². The second kappa shape index (κ2) is 8.11. The number of benzene rings is 1. The summed E-state index contributed by atoms with van der Waals surface area (Å²) in [6.07, 6.45) is 13.7. The Hall–Kier alpha value is -3.26. The molecule has 0 bridgehead atoms. The Labute approximate surface area is 181 Å². The maximum Gasteiger partial charge on any atom is 0.225 e. The number of rotatable bonds is 4. The van der Waals surface area contributed by atoms with Gasteiger partial charge in [-0.25, -0.2) is 9.37 Å². The Morgan fingerprint density at radius 3 is 2.61 bits per heavy atom. The Balaban J connectivity index is 1.20. The molecular formula is C26H24FN3O. The van der Waals surface area contributed by atoms with Crippen molar-refractivity contribution in [1.82, 2.24) is 9.97 Å². The van der Waals surface area contributed by atoms with Gasteiger partial charge in [0, 0.05) is 29.8 Å². The van der Waals surface area contributed by atoms with E-state index in [4.69, 9.17) is 6.42 Å². The van der Waals surface area contributed by atoms with E-state index in [-0.39, 0.29) is 11.7 Å². The molecular weight excluding hydrogens is 389 g/mol. The van der Waals surface area contributed by atoms with Gasteiger partial charge in [0.2, 0.25) is 5.91 Å². The van der Waals surface area contributed by atoms with E-state index in [2.05, 4.69) is 27.3 Å². The summed E-state index contributed by atoms with van der Waals surface area (Å²) in [7, 11) is 0. The summed E-state index contributed by atoms with van der Waals surface area (Å²) in [6.45, 7) is 0. The molecule has 1 amide bonds. The molecule has 5 rings (SSSR count). The van der Waals surface area contributed by atoms with Crippen LogP contribution >= 0.6 is 0 Å². The number of aromatic nitrogens is 2. The molecule has 2 fully saturated rings. The van der Waals surface area contributed by atoms with Crippen molar-refractivity contribution < 1.29 is 9.18 Å². The number of amides is 1. The topological polar surface area (TPSA) is 54.9 Å². The third-order valence-electron chi connectivity index (χ3n) is 6.96. The van der Waals surface area contributed by atoms with Crippen molar-refractivity contribution in [3.8, 4) is 12.3 Å². The zero-order valence-electron chi connectivity index (χ0n) is 17.2. The molecule has 0 radical (unpaired) electrons. The zero-order chi connectivity index (χ0) is 21.4. The van der Waals surface area contributed by atoms with Crippen LogP contribution in [0.15, 0.2) is 48.8 Å². The van der Waals surface area contributed by atoms with Crippen LogP contribution in [0.5, 0.6) is 0 Å². The second-order valence-corrected chi connectivity index (χ2v) is 8.92. The van der Waals surface area contributed by atoms with E-state index in [1.54, 1.807) is 30.5 Å². The Morgan fingerprint density at radius 2 is 1.90 bits per heavy atom. The van der Waals surface area contributed by atoms with Crippen LogP contribution in [0, 0.1) is 35.9 Å². The fourth-order valence-electron chi connectivity index (χ4n) is 5.67. The number of carbonyl (C=O) groups excluding carboxylic acids is 1. The molecule has 4 nitrogen and oxygen atoms in total. The van der Waals surface area contributed by atoms with Gasteiger partial charge in [-0.15, -0.1) is 6.42 Å². The Kier molecular flexibility index (Phi) is 5.15. The van der Waals surface area contributed by atoms with Crippen molar-refractivity contribution >= 4 is 22.6 Å². The molecule has 1 aromatic carbocycles. The van der Waals surface area contributed by atoms with Crippen molar-refractivity contribution in [2.75, 3.05) is 5.32 Å². The molecule has 2 aliphatic rings. The van der Waals surface area contributed by atoms with E-state index in [0.29, 0.717) is 41.5 Å². The van der Waals surface area contributed by atoms with Gasteiger partial charge in [0.1, 0.15) is 11.6 Å². The summed E-state index contributed by atoms with van der Waals surface area (Å²) < 4.78 is 13.8. The van der Waals surface area contributed by atoms with Gasteiger partial charge in [-0.1, -0.05) is 5.92 Å². The van der Waals surface area contributed by atoms with Crippen LogP contribution in [-0.4, -0.2) is 15.9 Å². The smallest absolute Gasteiger partial charge is 0.225 e. The highest BCUT2D eigenvalue weighted by Crippen LogP contribution is 2.53. The molecule has 2 aliphatic carbocycles. The summed E-state index contributed by atoms with van der Waals surface area (Å²) in [4.78, 5) is 21.1. The maximum absolute atomic E-state index is 13.8. The number of terminal acetylenes is 1. The molecule has 2 heterocycles. The zero-order valence-corrected chi connectivity index (χ0v) is 17.2. The Bertz CT molecular complexity index is 1150. The van der Waals surface area contributed by atoms with Gasteiger partial charge < -0.3 is 5.32 Å². The second-order valence-electron chi connectivity index (χ2n) is 8.92. The predicted molar refractivity (Wildman–Crippen MR) is 119 cm³/mol. The first-order chi connectivity index (χ1) is 15.1.